The summed E-state index contributed by atoms with van der Waals surface area (Å²) in [7, 11) is -3.62. The Labute approximate surface area is 145 Å². The van der Waals surface area contributed by atoms with Gasteiger partial charge in [0.2, 0.25) is 15.9 Å². The molecule has 0 aromatic heterocycles. The molecular formula is C17H17N3O4S. The van der Waals surface area contributed by atoms with E-state index >= 15 is 0 Å². The molecule has 1 fully saturated rings. The molecule has 1 aliphatic carbocycles. The Morgan fingerprint density at radius 1 is 1.00 bits per heavy atom. The van der Waals surface area contributed by atoms with E-state index in [2.05, 4.69) is 10.0 Å². The van der Waals surface area contributed by atoms with Gasteiger partial charge in [-0.05, 0) is 55.3 Å². The highest BCUT2D eigenvalue weighted by molar-refractivity contribution is 7.89. The largest absolute Gasteiger partial charge is 0.366 e. The highest BCUT2D eigenvalue weighted by atomic mass is 32.2. The molecule has 8 heteroatoms. The van der Waals surface area contributed by atoms with Crippen LogP contribution in [0, 0.1) is 0 Å². The number of carbonyl (C=O) groups is 2. The normalized spacial score (nSPS) is 14.1. The van der Waals surface area contributed by atoms with Crippen LogP contribution >= 0.6 is 0 Å². The molecule has 1 aliphatic rings. The van der Waals surface area contributed by atoms with Crippen LogP contribution in [0.5, 0.6) is 0 Å². The smallest absolute Gasteiger partial charge is 0.255 e. The minimum Gasteiger partial charge on any atom is -0.366 e. The minimum atomic E-state index is -3.62. The lowest BCUT2D eigenvalue weighted by Gasteiger charge is -2.09. The Morgan fingerprint density at radius 3 is 2.28 bits per heavy atom. The van der Waals surface area contributed by atoms with Gasteiger partial charge < -0.3 is 11.1 Å². The first-order valence-corrected chi connectivity index (χ1v) is 9.17. The fourth-order valence-electron chi connectivity index (χ4n) is 2.21. The van der Waals surface area contributed by atoms with Gasteiger partial charge in [0.1, 0.15) is 0 Å². The van der Waals surface area contributed by atoms with Gasteiger partial charge >= 0.3 is 0 Å². The first-order valence-electron chi connectivity index (χ1n) is 7.69. The van der Waals surface area contributed by atoms with Crippen LogP contribution in [-0.4, -0.2) is 26.3 Å². The SMILES string of the molecule is NC(=O)c1ccc(NC(=O)c2cccc(S(=O)(=O)NC3CC3)c2)cc1. The van der Waals surface area contributed by atoms with Crippen LogP contribution in [0.15, 0.2) is 53.4 Å². The number of nitrogens with one attached hydrogen (secondary N) is 2. The molecule has 2 amide bonds. The number of carbonyl (C=O) groups excluding carboxylic acids is 2. The number of sulfonamides is 1. The molecule has 0 saturated heterocycles. The van der Waals surface area contributed by atoms with Gasteiger partial charge in [-0.15, -0.1) is 0 Å². The van der Waals surface area contributed by atoms with Crippen molar-refractivity contribution in [2.75, 3.05) is 5.32 Å². The summed E-state index contributed by atoms with van der Waals surface area (Å²) in [5.41, 5.74) is 6.19. The van der Waals surface area contributed by atoms with Crippen LogP contribution in [0.2, 0.25) is 0 Å². The predicted molar refractivity (Wildman–Crippen MR) is 92.7 cm³/mol. The Bertz CT molecular complexity index is 919. The Balaban J connectivity index is 1.75. The average Bonchev–Trinajstić information content (AvgIpc) is 3.39. The highest BCUT2D eigenvalue weighted by Crippen LogP contribution is 2.22. The van der Waals surface area contributed by atoms with Gasteiger partial charge in [-0.1, -0.05) is 6.07 Å². The van der Waals surface area contributed by atoms with Crippen molar-refractivity contribution in [2.45, 2.75) is 23.8 Å². The molecule has 2 aromatic rings. The number of hydrogen-bond donors (Lipinski definition) is 3. The van der Waals surface area contributed by atoms with Crippen LogP contribution in [0.4, 0.5) is 5.69 Å². The molecular weight excluding hydrogens is 342 g/mol. The lowest BCUT2D eigenvalue weighted by atomic mass is 10.2. The second-order valence-corrected chi connectivity index (χ2v) is 7.53. The van der Waals surface area contributed by atoms with E-state index in [9.17, 15) is 18.0 Å². The predicted octanol–water partition coefficient (Wildman–Crippen LogP) is 1.48. The van der Waals surface area contributed by atoms with Crippen LogP contribution in [0.1, 0.15) is 33.6 Å². The summed E-state index contributed by atoms with van der Waals surface area (Å²) >= 11 is 0. The van der Waals surface area contributed by atoms with Gasteiger partial charge in [0.25, 0.3) is 5.91 Å². The lowest BCUT2D eigenvalue weighted by molar-refractivity contribution is 0.0998. The Kier molecular flexibility index (Phi) is 4.56. The van der Waals surface area contributed by atoms with Crippen molar-refractivity contribution in [1.82, 2.24) is 4.72 Å². The van der Waals surface area contributed by atoms with E-state index in [1.807, 2.05) is 0 Å². The summed E-state index contributed by atoms with van der Waals surface area (Å²) in [5.74, 6) is -1.01. The van der Waals surface area contributed by atoms with Gasteiger partial charge in [-0.25, -0.2) is 13.1 Å². The third-order valence-electron chi connectivity index (χ3n) is 3.73. The van der Waals surface area contributed by atoms with Crippen LogP contribution in [-0.2, 0) is 10.0 Å². The molecule has 0 bridgehead atoms. The average molecular weight is 359 g/mol. The molecule has 7 nitrogen and oxygen atoms in total. The zero-order valence-corrected chi connectivity index (χ0v) is 14.0. The summed E-state index contributed by atoms with van der Waals surface area (Å²) in [6.45, 7) is 0. The molecule has 1 saturated carbocycles. The number of rotatable bonds is 6. The topological polar surface area (TPSA) is 118 Å². The van der Waals surface area contributed by atoms with E-state index in [1.165, 1.54) is 36.4 Å². The van der Waals surface area contributed by atoms with Crippen molar-refractivity contribution < 1.29 is 18.0 Å². The number of anilines is 1. The van der Waals surface area contributed by atoms with Crippen molar-refractivity contribution in [1.29, 1.82) is 0 Å². The molecule has 0 aliphatic heterocycles. The number of amides is 2. The molecule has 0 unspecified atom stereocenters. The molecule has 130 valence electrons. The molecule has 3 rings (SSSR count). The standard InChI is InChI=1S/C17H17N3O4S/c18-16(21)11-4-6-13(7-5-11)19-17(22)12-2-1-3-15(10-12)25(23,24)20-14-8-9-14/h1-7,10,14,20H,8-9H2,(H2,18,21)(H,19,22). The third kappa shape index (κ3) is 4.23. The van der Waals surface area contributed by atoms with E-state index in [-0.39, 0.29) is 16.5 Å². The fourth-order valence-corrected chi connectivity index (χ4v) is 3.56. The van der Waals surface area contributed by atoms with Gasteiger partial charge in [-0.2, -0.15) is 0 Å². The third-order valence-corrected chi connectivity index (χ3v) is 5.25. The summed E-state index contributed by atoms with van der Waals surface area (Å²) in [6.07, 6.45) is 1.67. The summed E-state index contributed by atoms with van der Waals surface area (Å²) in [5, 5.41) is 2.65. The number of nitrogens with two attached hydrogens (primary N) is 1. The van der Waals surface area contributed by atoms with Crippen molar-refractivity contribution in [2.24, 2.45) is 5.73 Å². The lowest BCUT2D eigenvalue weighted by Crippen LogP contribution is -2.26. The maximum atomic E-state index is 12.3. The highest BCUT2D eigenvalue weighted by Gasteiger charge is 2.28. The zero-order valence-electron chi connectivity index (χ0n) is 13.2. The second kappa shape index (κ2) is 6.66. The van der Waals surface area contributed by atoms with E-state index in [4.69, 9.17) is 5.73 Å². The quantitative estimate of drug-likeness (QED) is 0.724. The van der Waals surface area contributed by atoms with Crippen molar-refractivity contribution in [3.05, 3.63) is 59.7 Å². The van der Waals surface area contributed by atoms with Gasteiger partial charge in [0, 0.05) is 22.9 Å². The summed E-state index contributed by atoms with van der Waals surface area (Å²) < 4.78 is 27.0. The molecule has 2 aromatic carbocycles. The molecule has 0 atom stereocenters. The molecule has 0 heterocycles. The minimum absolute atomic E-state index is 0.00810. The molecule has 25 heavy (non-hydrogen) atoms. The van der Waals surface area contributed by atoms with Crippen LogP contribution in [0.25, 0.3) is 0 Å². The van der Waals surface area contributed by atoms with Crippen LogP contribution in [0.3, 0.4) is 0 Å². The van der Waals surface area contributed by atoms with Gasteiger partial charge in [0.15, 0.2) is 0 Å². The maximum absolute atomic E-state index is 12.3. The van der Waals surface area contributed by atoms with E-state index < -0.39 is 21.8 Å². The van der Waals surface area contributed by atoms with Crippen molar-refractivity contribution >= 4 is 27.5 Å². The van der Waals surface area contributed by atoms with Crippen LogP contribution < -0.4 is 15.8 Å². The monoisotopic (exact) mass is 359 g/mol. The number of primary amides is 1. The molecule has 0 radical (unpaired) electrons. The van der Waals surface area contributed by atoms with Crippen molar-refractivity contribution in [3.63, 3.8) is 0 Å². The van der Waals surface area contributed by atoms with Crippen molar-refractivity contribution in [3.8, 4) is 0 Å². The number of benzene rings is 2. The molecule has 4 N–H and O–H groups in total. The van der Waals surface area contributed by atoms with E-state index in [1.54, 1.807) is 12.1 Å². The zero-order chi connectivity index (χ0) is 18.0. The first kappa shape index (κ1) is 17.1. The summed E-state index contributed by atoms with van der Waals surface area (Å²) in [6, 6.07) is 11.9. The van der Waals surface area contributed by atoms with E-state index in [0.29, 0.717) is 11.3 Å². The first-order chi connectivity index (χ1) is 11.8. The Morgan fingerprint density at radius 2 is 1.68 bits per heavy atom. The Hall–Kier alpha value is -2.71. The maximum Gasteiger partial charge on any atom is 0.255 e. The summed E-state index contributed by atoms with van der Waals surface area (Å²) in [4.78, 5) is 23.4. The van der Waals surface area contributed by atoms with Gasteiger partial charge in [-0.3, -0.25) is 9.59 Å². The second-order valence-electron chi connectivity index (χ2n) is 5.82. The van der Waals surface area contributed by atoms with E-state index in [0.717, 1.165) is 12.8 Å². The number of hydrogen-bond acceptors (Lipinski definition) is 4. The fraction of sp³-hybridized carbons (Fsp3) is 0.176. The van der Waals surface area contributed by atoms with Gasteiger partial charge in [0.05, 0.1) is 4.90 Å². The molecule has 0 spiro atoms.